The Balaban J connectivity index is 0.00000168. The van der Waals surface area contributed by atoms with Crippen molar-refractivity contribution < 1.29 is 27.7 Å². The van der Waals surface area contributed by atoms with Crippen LogP contribution in [0.2, 0.25) is 0 Å². The van der Waals surface area contributed by atoms with E-state index in [2.05, 4.69) is 16.2 Å². The summed E-state index contributed by atoms with van der Waals surface area (Å²) in [7, 11) is 0. The van der Waals surface area contributed by atoms with Crippen molar-refractivity contribution >= 4 is 59.1 Å². The number of aromatic hydroxyl groups is 1. The van der Waals surface area contributed by atoms with Crippen molar-refractivity contribution in [2.24, 2.45) is 0 Å². The minimum atomic E-state index is -4.57. The number of alkyl halides is 3. The number of carbonyl (C=O) groups excluding carboxylic acids is 1. The van der Waals surface area contributed by atoms with Gasteiger partial charge in [-0.15, -0.1) is 41.6 Å². The minimum absolute atomic E-state index is 0. The van der Waals surface area contributed by atoms with E-state index in [0.29, 0.717) is 48.4 Å². The Bertz CT molecular complexity index is 1340. The van der Waals surface area contributed by atoms with Gasteiger partial charge in [-0.3, -0.25) is 4.79 Å². The fourth-order valence-electron chi connectivity index (χ4n) is 5.45. The zero-order chi connectivity index (χ0) is 25.1. The van der Waals surface area contributed by atoms with E-state index in [4.69, 9.17) is 0 Å². The summed E-state index contributed by atoms with van der Waals surface area (Å²) >= 11 is 1.76. The molecule has 204 valence electrons. The van der Waals surface area contributed by atoms with E-state index in [1.54, 1.807) is 11.8 Å². The fraction of sp³-hybridized carbons (Fsp3) is 0.360. The molecule has 2 aromatic rings. The number of amides is 1. The van der Waals surface area contributed by atoms with Gasteiger partial charge in [-0.1, -0.05) is 0 Å². The molecule has 13 heteroatoms. The number of fused-ring (bicyclic) bond motifs is 2. The van der Waals surface area contributed by atoms with Crippen LogP contribution in [-0.2, 0) is 11.0 Å². The first-order chi connectivity index (χ1) is 17.2. The van der Waals surface area contributed by atoms with Crippen molar-refractivity contribution in [2.75, 3.05) is 55.8 Å². The van der Waals surface area contributed by atoms with Gasteiger partial charge in [0.25, 0.3) is 5.91 Å². The van der Waals surface area contributed by atoms with E-state index >= 15 is 0 Å². The second kappa shape index (κ2) is 10.6. The lowest BCUT2D eigenvalue weighted by Gasteiger charge is -2.44. The lowest BCUT2D eigenvalue weighted by Crippen LogP contribution is -2.60. The zero-order valence-corrected chi connectivity index (χ0v) is 22.7. The summed E-state index contributed by atoms with van der Waals surface area (Å²) in [6.45, 7) is 3.51. The molecule has 6 rings (SSSR count). The first-order valence-electron chi connectivity index (χ1n) is 11.8. The number of nitrogens with zero attached hydrogens (tertiary/aromatic N) is 5. The highest BCUT2D eigenvalue weighted by Crippen LogP contribution is 2.40. The van der Waals surface area contributed by atoms with Gasteiger partial charge < -0.3 is 14.9 Å². The molecule has 0 spiro atoms. The van der Waals surface area contributed by atoms with Crippen LogP contribution in [0.15, 0.2) is 60.0 Å². The molecule has 0 bridgehead atoms. The van der Waals surface area contributed by atoms with E-state index in [1.807, 2.05) is 28.0 Å². The fourth-order valence-corrected chi connectivity index (χ4v) is 6.39. The Morgan fingerprint density at radius 1 is 1.08 bits per heavy atom. The van der Waals surface area contributed by atoms with Gasteiger partial charge in [0.05, 0.1) is 30.1 Å². The Morgan fingerprint density at radius 3 is 2.53 bits per heavy atom. The van der Waals surface area contributed by atoms with Gasteiger partial charge >= 0.3 is 6.18 Å². The third kappa shape index (κ3) is 4.86. The number of hydrogen-bond acceptors (Lipinski definition) is 6. The normalized spacial score (nSPS) is 23.1. The van der Waals surface area contributed by atoms with Gasteiger partial charge in [0, 0.05) is 48.6 Å². The highest BCUT2D eigenvalue weighted by Gasteiger charge is 2.48. The van der Waals surface area contributed by atoms with Crippen molar-refractivity contribution in [2.45, 2.75) is 6.18 Å². The number of pyridine rings is 1. The maximum atomic E-state index is 13.6. The van der Waals surface area contributed by atoms with E-state index in [0.717, 1.165) is 35.5 Å². The number of halogens is 5. The molecule has 1 N–H and O–H groups in total. The van der Waals surface area contributed by atoms with Crippen LogP contribution < -0.4 is 4.90 Å². The van der Waals surface area contributed by atoms with Crippen LogP contribution >= 0.6 is 36.6 Å². The molecule has 1 atom stereocenters. The zero-order valence-electron chi connectivity index (χ0n) is 20.2. The van der Waals surface area contributed by atoms with Gasteiger partial charge in [-0.25, -0.2) is 4.98 Å². The maximum Gasteiger partial charge on any atom is 0.433 e. The first-order valence-corrected chi connectivity index (χ1v) is 13.0. The minimum Gasteiger partial charge on any atom is -0.508 e. The Labute approximate surface area is 234 Å². The number of hydrogen-bond donors (Lipinski definition) is 1. The number of benzene rings is 1. The number of allylic oxidation sites excluding steroid dienone is 3. The highest BCUT2D eigenvalue weighted by atomic mass is 35.5. The van der Waals surface area contributed by atoms with Crippen LogP contribution in [0.1, 0.15) is 5.69 Å². The molecule has 0 saturated carbocycles. The molecule has 0 aliphatic carbocycles. The molecule has 0 unspecified atom stereocenters. The second-order valence-electron chi connectivity index (χ2n) is 9.36. The number of quaternary nitrogens is 1. The lowest BCUT2D eigenvalue weighted by atomic mass is 10.1. The number of rotatable bonds is 3. The van der Waals surface area contributed by atoms with E-state index in [9.17, 15) is 23.1 Å². The van der Waals surface area contributed by atoms with Gasteiger partial charge in [0.2, 0.25) is 0 Å². The molecule has 0 radical (unpaired) electrons. The van der Waals surface area contributed by atoms with Gasteiger partial charge in [-0.05, 0) is 30.3 Å². The number of phenolic OH excluding ortho intramolecular Hbond substituents is 1. The van der Waals surface area contributed by atoms with Crippen molar-refractivity contribution in [3.05, 3.63) is 65.7 Å². The van der Waals surface area contributed by atoms with Crippen LogP contribution in [0.5, 0.6) is 5.75 Å². The SMILES string of the molecule is Cl.Cl.O=C(C1=CC2=CC=C[N@@+]2(N2CCN(c3cc(C(F)(F)F)nc4ccc(O)cc34)CC2)C1)N1CCSC1. The maximum absolute atomic E-state index is 13.6. The number of carbonyl (C=O) groups is 1. The molecule has 7 nitrogen and oxygen atoms in total. The molecule has 4 aliphatic heterocycles. The molecule has 5 heterocycles. The van der Waals surface area contributed by atoms with Crippen molar-refractivity contribution in [1.82, 2.24) is 14.9 Å². The van der Waals surface area contributed by atoms with Gasteiger partial charge in [-0.2, -0.15) is 17.8 Å². The number of aromatic nitrogens is 1. The van der Waals surface area contributed by atoms with Crippen LogP contribution in [0.3, 0.4) is 0 Å². The Kier molecular flexibility index (Phi) is 7.98. The van der Waals surface area contributed by atoms with Crippen LogP contribution in [0.25, 0.3) is 10.9 Å². The highest BCUT2D eigenvalue weighted by molar-refractivity contribution is 7.99. The molecular formula is C25H27Cl2F3N5O2S+. The van der Waals surface area contributed by atoms with Gasteiger partial charge in [0.1, 0.15) is 24.2 Å². The quantitative estimate of drug-likeness (QED) is 0.531. The Morgan fingerprint density at radius 2 is 1.84 bits per heavy atom. The van der Waals surface area contributed by atoms with Gasteiger partial charge in [0.15, 0.2) is 5.70 Å². The molecule has 1 aromatic carbocycles. The molecule has 4 aliphatic rings. The summed E-state index contributed by atoms with van der Waals surface area (Å²) in [6.07, 6.45) is 3.54. The van der Waals surface area contributed by atoms with Crippen molar-refractivity contribution in [1.29, 1.82) is 0 Å². The number of piperazine rings is 1. The monoisotopic (exact) mass is 588 g/mol. The third-order valence-corrected chi connectivity index (χ3v) is 8.22. The average molecular weight is 589 g/mol. The van der Waals surface area contributed by atoms with E-state index < -0.39 is 11.9 Å². The van der Waals surface area contributed by atoms with Crippen molar-refractivity contribution in [3.8, 4) is 5.75 Å². The summed E-state index contributed by atoms with van der Waals surface area (Å²) in [5.41, 5.74) is 1.50. The smallest absolute Gasteiger partial charge is 0.433 e. The molecule has 38 heavy (non-hydrogen) atoms. The number of phenols is 1. The summed E-state index contributed by atoms with van der Waals surface area (Å²) in [6, 6.07) is 5.31. The molecule has 2 saturated heterocycles. The Hall–Kier alpha value is -2.44. The molecule has 1 aromatic heterocycles. The first kappa shape index (κ1) is 28.6. The molecular weight excluding hydrogens is 562 g/mol. The summed E-state index contributed by atoms with van der Waals surface area (Å²) in [5.74, 6) is 1.75. The van der Waals surface area contributed by atoms with E-state index in [1.165, 1.54) is 18.2 Å². The van der Waals surface area contributed by atoms with Crippen LogP contribution in [0.4, 0.5) is 18.9 Å². The lowest BCUT2D eigenvalue weighted by molar-refractivity contribution is -0.948. The van der Waals surface area contributed by atoms with E-state index in [-0.39, 0.29) is 42.0 Å². The van der Waals surface area contributed by atoms with Crippen LogP contribution in [0, 0.1) is 0 Å². The average Bonchev–Trinajstić information content (AvgIpc) is 3.59. The third-order valence-electron chi connectivity index (χ3n) is 7.26. The summed E-state index contributed by atoms with van der Waals surface area (Å²) in [5, 5.41) is 12.7. The standard InChI is InChI=1S/C25H24F3N5O2S.2ClH/c26-25(27,28)23-14-22(20-13-19(34)3-4-21(20)29-23)30-5-7-32(8-6-30)33-10-1-2-18(33)12-17(15-33)24(35)31-9-11-36-16-31;;/h1-4,10,12-14H,5-9,11,15-16H2;2*1H/p+1/t33-;;/m1../s1. The number of thioether (sulfide) groups is 1. The summed E-state index contributed by atoms with van der Waals surface area (Å²) < 4.78 is 41.2. The molecule has 1 amide bonds. The van der Waals surface area contributed by atoms with Crippen LogP contribution in [-0.4, -0.2) is 81.4 Å². The largest absolute Gasteiger partial charge is 0.508 e. The van der Waals surface area contributed by atoms with Crippen molar-refractivity contribution in [3.63, 3.8) is 0 Å². The topological polar surface area (TPSA) is 59.9 Å². The predicted molar refractivity (Wildman–Crippen MR) is 146 cm³/mol. The second-order valence-corrected chi connectivity index (χ2v) is 10.4. The summed E-state index contributed by atoms with van der Waals surface area (Å²) in [4.78, 5) is 20.6. The predicted octanol–water partition coefficient (Wildman–Crippen LogP) is 4.54. The number of anilines is 1. The molecule has 2 fully saturated rings.